The molecule has 3 aliphatic heterocycles. The number of benzene rings is 1. The van der Waals surface area contributed by atoms with Crippen LogP contribution in [0.5, 0.6) is 0 Å². The zero-order valence-electron chi connectivity index (χ0n) is 18.5. The lowest BCUT2D eigenvalue weighted by Gasteiger charge is -2.34. The van der Waals surface area contributed by atoms with Crippen molar-refractivity contribution in [2.75, 3.05) is 39.3 Å². The van der Waals surface area contributed by atoms with Gasteiger partial charge in [-0.15, -0.1) is 0 Å². The molecule has 2 amide bonds. The van der Waals surface area contributed by atoms with Crippen LogP contribution in [0.2, 0.25) is 5.02 Å². The third-order valence-corrected chi connectivity index (χ3v) is 9.29. The number of nitrogens with zero attached hydrogens (tertiary/aromatic N) is 3. The van der Waals surface area contributed by atoms with Crippen LogP contribution in [0, 0.1) is 5.92 Å². The second-order valence-corrected chi connectivity index (χ2v) is 11.4. The molecule has 4 rings (SSSR count). The number of carbonyl (C=O) groups excluding carboxylic acids is 2. The van der Waals surface area contributed by atoms with Crippen LogP contribution in [0.4, 0.5) is 0 Å². The Bertz CT molecular complexity index is 946. The minimum atomic E-state index is -3.71. The van der Waals surface area contributed by atoms with Gasteiger partial charge in [0, 0.05) is 50.7 Å². The van der Waals surface area contributed by atoms with Crippen LogP contribution >= 0.6 is 11.6 Å². The molecule has 0 spiro atoms. The first-order valence-electron chi connectivity index (χ1n) is 11.8. The lowest BCUT2D eigenvalue weighted by molar-refractivity contribution is -0.136. The summed E-state index contributed by atoms with van der Waals surface area (Å²) in [4.78, 5) is 29.7. The number of likely N-dealkylation sites (tertiary alicyclic amines) is 2. The Morgan fingerprint density at radius 3 is 2.03 bits per heavy atom. The Labute approximate surface area is 195 Å². The number of piperidine rings is 1. The lowest BCUT2D eigenvalue weighted by Crippen LogP contribution is -2.44. The molecule has 0 saturated carbocycles. The van der Waals surface area contributed by atoms with Crippen molar-refractivity contribution in [1.29, 1.82) is 0 Å². The van der Waals surface area contributed by atoms with Crippen LogP contribution in [0.1, 0.15) is 61.7 Å². The van der Waals surface area contributed by atoms with Crippen molar-refractivity contribution in [1.82, 2.24) is 14.1 Å². The zero-order chi connectivity index (χ0) is 22.7. The van der Waals surface area contributed by atoms with Gasteiger partial charge in [-0.05, 0) is 56.7 Å². The molecule has 3 saturated heterocycles. The molecular formula is C23H32ClN3O4S. The molecule has 3 aliphatic rings. The Morgan fingerprint density at radius 2 is 1.41 bits per heavy atom. The average Bonchev–Trinajstić information content (AvgIpc) is 3.23. The van der Waals surface area contributed by atoms with Gasteiger partial charge in [-0.2, -0.15) is 4.31 Å². The standard InChI is InChI=1S/C23H32ClN3O4S/c24-20-8-7-19(17-21(20)32(30,31)27-13-5-6-14-27)23(29)26-15-9-18(10-16-26)22(28)25-11-3-1-2-4-12-25/h7-8,17-18H,1-6,9-16H2. The summed E-state index contributed by atoms with van der Waals surface area (Å²) in [6.45, 7) is 3.65. The average molecular weight is 482 g/mol. The van der Waals surface area contributed by atoms with E-state index in [4.69, 9.17) is 11.6 Å². The summed E-state index contributed by atoms with van der Waals surface area (Å²) in [5.41, 5.74) is 0.324. The summed E-state index contributed by atoms with van der Waals surface area (Å²) < 4.78 is 27.4. The SMILES string of the molecule is O=C(c1ccc(Cl)c(S(=O)(=O)N2CCCC2)c1)N1CCC(C(=O)N2CCCCCC2)CC1. The summed E-state index contributed by atoms with van der Waals surface area (Å²) in [6, 6.07) is 4.49. The normalized spacial score (nSPS) is 21.5. The van der Waals surface area contributed by atoms with Crippen LogP contribution in [0.3, 0.4) is 0 Å². The van der Waals surface area contributed by atoms with Crippen molar-refractivity contribution >= 4 is 33.4 Å². The molecule has 7 nitrogen and oxygen atoms in total. The monoisotopic (exact) mass is 481 g/mol. The van der Waals surface area contributed by atoms with E-state index in [1.807, 2.05) is 4.90 Å². The summed E-state index contributed by atoms with van der Waals surface area (Å²) in [6.07, 6.45) is 7.48. The quantitative estimate of drug-likeness (QED) is 0.660. The fourth-order valence-corrected chi connectivity index (χ4v) is 6.98. The molecular weight excluding hydrogens is 450 g/mol. The third kappa shape index (κ3) is 4.97. The van der Waals surface area contributed by atoms with E-state index in [9.17, 15) is 18.0 Å². The van der Waals surface area contributed by atoms with E-state index in [2.05, 4.69) is 0 Å². The highest BCUT2D eigenvalue weighted by molar-refractivity contribution is 7.89. The maximum absolute atomic E-state index is 13.1. The van der Waals surface area contributed by atoms with E-state index < -0.39 is 10.0 Å². The highest BCUT2D eigenvalue weighted by Crippen LogP contribution is 2.29. The van der Waals surface area contributed by atoms with Crippen molar-refractivity contribution in [3.8, 4) is 0 Å². The van der Waals surface area contributed by atoms with Crippen molar-refractivity contribution in [3.05, 3.63) is 28.8 Å². The summed E-state index contributed by atoms with van der Waals surface area (Å²) in [5, 5.41) is 0.134. The zero-order valence-corrected chi connectivity index (χ0v) is 20.0. The minimum Gasteiger partial charge on any atom is -0.342 e. The highest BCUT2D eigenvalue weighted by atomic mass is 35.5. The fourth-order valence-electron chi connectivity index (χ4n) is 4.96. The van der Waals surface area contributed by atoms with Crippen molar-refractivity contribution < 1.29 is 18.0 Å². The molecule has 1 aromatic carbocycles. The van der Waals surface area contributed by atoms with Gasteiger partial charge in [0.1, 0.15) is 4.90 Å². The first-order chi connectivity index (χ1) is 15.4. The van der Waals surface area contributed by atoms with Gasteiger partial charge in [-0.25, -0.2) is 8.42 Å². The van der Waals surface area contributed by atoms with E-state index in [-0.39, 0.29) is 27.7 Å². The van der Waals surface area contributed by atoms with Crippen LogP contribution < -0.4 is 0 Å². The molecule has 32 heavy (non-hydrogen) atoms. The van der Waals surface area contributed by atoms with Gasteiger partial charge in [0.05, 0.1) is 5.02 Å². The van der Waals surface area contributed by atoms with Gasteiger partial charge < -0.3 is 9.80 Å². The molecule has 0 aromatic heterocycles. The van der Waals surface area contributed by atoms with E-state index >= 15 is 0 Å². The molecule has 3 heterocycles. The molecule has 176 valence electrons. The maximum atomic E-state index is 13.1. The Hall–Kier alpha value is -1.64. The fraction of sp³-hybridized carbons (Fsp3) is 0.652. The first-order valence-corrected chi connectivity index (χ1v) is 13.6. The summed E-state index contributed by atoms with van der Waals surface area (Å²) >= 11 is 6.22. The van der Waals surface area contributed by atoms with Crippen molar-refractivity contribution in [2.45, 2.75) is 56.3 Å². The van der Waals surface area contributed by atoms with Crippen molar-refractivity contribution in [2.24, 2.45) is 5.92 Å². The molecule has 0 atom stereocenters. The van der Waals surface area contributed by atoms with Gasteiger partial charge in [-0.3, -0.25) is 9.59 Å². The molecule has 0 unspecified atom stereocenters. The van der Waals surface area contributed by atoms with Crippen LogP contribution in [0.15, 0.2) is 23.1 Å². The largest absolute Gasteiger partial charge is 0.342 e. The summed E-state index contributed by atoms with van der Waals surface area (Å²) in [5.74, 6) is -0.0156. The number of halogens is 1. The number of hydrogen-bond acceptors (Lipinski definition) is 4. The minimum absolute atomic E-state index is 0.00172. The Morgan fingerprint density at radius 1 is 0.812 bits per heavy atom. The van der Waals surface area contributed by atoms with Gasteiger partial charge in [-0.1, -0.05) is 24.4 Å². The van der Waals surface area contributed by atoms with Crippen LogP contribution in [-0.2, 0) is 14.8 Å². The van der Waals surface area contributed by atoms with Gasteiger partial charge in [0.15, 0.2) is 0 Å². The van der Waals surface area contributed by atoms with Gasteiger partial charge in [0.2, 0.25) is 15.9 Å². The number of hydrogen-bond donors (Lipinski definition) is 0. The third-order valence-electron chi connectivity index (χ3n) is 6.91. The van der Waals surface area contributed by atoms with Gasteiger partial charge in [0.25, 0.3) is 5.91 Å². The number of carbonyl (C=O) groups is 2. The molecule has 9 heteroatoms. The Kier molecular flexibility index (Phi) is 7.42. The van der Waals surface area contributed by atoms with E-state index in [1.165, 1.54) is 29.3 Å². The van der Waals surface area contributed by atoms with Crippen molar-refractivity contribution in [3.63, 3.8) is 0 Å². The van der Waals surface area contributed by atoms with Gasteiger partial charge >= 0.3 is 0 Å². The molecule has 1 aromatic rings. The molecule has 0 bridgehead atoms. The predicted octanol–water partition coefficient (Wildman–Crippen LogP) is 3.38. The van der Waals surface area contributed by atoms with Crippen LogP contribution in [-0.4, -0.2) is 73.6 Å². The number of rotatable bonds is 4. The van der Waals surface area contributed by atoms with E-state index in [0.717, 1.165) is 38.8 Å². The molecule has 0 radical (unpaired) electrons. The molecule has 3 fully saturated rings. The van der Waals surface area contributed by atoms with E-state index in [0.29, 0.717) is 44.6 Å². The number of amides is 2. The first kappa shape index (κ1) is 23.5. The second kappa shape index (κ2) is 10.1. The number of sulfonamides is 1. The topological polar surface area (TPSA) is 78.0 Å². The van der Waals surface area contributed by atoms with E-state index in [1.54, 1.807) is 11.0 Å². The predicted molar refractivity (Wildman–Crippen MR) is 123 cm³/mol. The summed E-state index contributed by atoms with van der Waals surface area (Å²) in [7, 11) is -3.71. The molecule has 0 N–H and O–H groups in total. The smallest absolute Gasteiger partial charge is 0.253 e. The second-order valence-electron chi connectivity index (χ2n) is 9.06. The van der Waals surface area contributed by atoms with Crippen LogP contribution in [0.25, 0.3) is 0 Å². The molecule has 0 aliphatic carbocycles. The Balaban J connectivity index is 1.41. The highest BCUT2D eigenvalue weighted by Gasteiger charge is 2.33. The lowest BCUT2D eigenvalue weighted by atomic mass is 9.94. The maximum Gasteiger partial charge on any atom is 0.253 e.